The number of ether oxygens (including phenoxy) is 1. The number of amides is 4. The van der Waals surface area contributed by atoms with Crippen molar-refractivity contribution in [3.63, 3.8) is 0 Å². The quantitative estimate of drug-likeness (QED) is 0.180. The summed E-state index contributed by atoms with van der Waals surface area (Å²) < 4.78 is 47.0. The molecule has 4 aliphatic heterocycles. The number of piperazine rings is 1. The number of anilines is 5. The highest BCUT2D eigenvalue weighted by atomic mass is 19.4. The molecule has 0 radical (unpaired) electrons. The van der Waals surface area contributed by atoms with Crippen molar-refractivity contribution in [2.75, 3.05) is 68.5 Å². The number of halogens is 3. The normalized spacial score (nSPS) is 19.1. The summed E-state index contributed by atoms with van der Waals surface area (Å²) in [5.74, 6) is -0.497. The molecule has 4 amide bonds. The van der Waals surface area contributed by atoms with Crippen LogP contribution in [0.15, 0.2) is 72.9 Å². The van der Waals surface area contributed by atoms with Crippen LogP contribution in [0.25, 0.3) is 0 Å². The summed E-state index contributed by atoms with van der Waals surface area (Å²) in [4.78, 5) is 66.5. The second-order valence-corrected chi connectivity index (χ2v) is 15.2. The largest absolute Gasteiger partial charge is 0.494 e. The Balaban J connectivity index is 0.822. The van der Waals surface area contributed by atoms with Crippen LogP contribution >= 0.6 is 0 Å². The van der Waals surface area contributed by atoms with Crippen molar-refractivity contribution in [3.8, 4) is 5.75 Å². The number of para-hydroxylation sites is 1. The fraction of sp³-hybridized carbons (Fsp3) is 0.381. The number of imide groups is 1. The van der Waals surface area contributed by atoms with Gasteiger partial charge in [0.1, 0.15) is 23.2 Å². The predicted octanol–water partition coefficient (Wildman–Crippen LogP) is 5.28. The molecule has 59 heavy (non-hydrogen) atoms. The highest BCUT2D eigenvalue weighted by Gasteiger charge is 2.40. The Morgan fingerprint density at radius 3 is 2.39 bits per heavy atom. The molecule has 0 aliphatic carbocycles. The van der Waals surface area contributed by atoms with Crippen LogP contribution in [0.4, 0.5) is 42.0 Å². The van der Waals surface area contributed by atoms with Crippen molar-refractivity contribution in [1.29, 1.82) is 0 Å². The lowest BCUT2D eigenvalue weighted by molar-refractivity contribution is -0.138. The number of rotatable bonds is 10. The number of piperidine rings is 2. The predicted molar refractivity (Wildman–Crippen MR) is 213 cm³/mol. The number of hydrogen-bond acceptors (Lipinski definition) is 11. The number of alkyl halides is 3. The van der Waals surface area contributed by atoms with E-state index in [4.69, 9.17) is 4.74 Å². The molecule has 0 bridgehead atoms. The molecule has 3 saturated heterocycles. The minimum absolute atomic E-state index is 0.0418. The Morgan fingerprint density at radius 1 is 0.915 bits per heavy atom. The lowest BCUT2D eigenvalue weighted by Crippen LogP contribution is -2.52. The van der Waals surface area contributed by atoms with Gasteiger partial charge in [-0.2, -0.15) is 18.2 Å². The number of benzene rings is 3. The molecule has 8 rings (SSSR count). The maximum Gasteiger partial charge on any atom is 0.421 e. The van der Waals surface area contributed by atoms with E-state index in [1.807, 2.05) is 29.2 Å². The molecular weight excluding hydrogens is 768 g/mol. The van der Waals surface area contributed by atoms with Gasteiger partial charge in [0.15, 0.2) is 0 Å². The highest BCUT2D eigenvalue weighted by Crippen LogP contribution is 2.38. The average molecular weight is 812 g/mol. The lowest BCUT2D eigenvalue weighted by Gasteiger charge is -2.38. The summed E-state index contributed by atoms with van der Waals surface area (Å²) in [5, 5.41) is 8.08. The van der Waals surface area contributed by atoms with Gasteiger partial charge in [-0.05, 0) is 79.7 Å². The maximum atomic E-state index is 13.8. The van der Waals surface area contributed by atoms with E-state index in [-0.39, 0.29) is 35.9 Å². The molecule has 14 nitrogen and oxygen atoms in total. The molecule has 5 heterocycles. The zero-order chi connectivity index (χ0) is 41.3. The minimum atomic E-state index is -4.66. The first-order valence-corrected chi connectivity index (χ1v) is 19.7. The topological polar surface area (TPSA) is 152 Å². The Labute approximate surface area is 338 Å². The van der Waals surface area contributed by atoms with Crippen LogP contribution in [-0.4, -0.2) is 107 Å². The van der Waals surface area contributed by atoms with Crippen LogP contribution in [0.1, 0.15) is 58.6 Å². The fourth-order valence-electron chi connectivity index (χ4n) is 8.28. The first-order chi connectivity index (χ1) is 28.4. The zero-order valence-corrected chi connectivity index (χ0v) is 32.4. The number of carbonyl (C=O) groups excluding carboxylic acids is 4. The van der Waals surface area contributed by atoms with E-state index < -0.39 is 23.7 Å². The van der Waals surface area contributed by atoms with Crippen LogP contribution in [0.5, 0.6) is 5.75 Å². The second kappa shape index (κ2) is 16.6. The third-order valence-electron chi connectivity index (χ3n) is 11.5. The molecule has 4 aliphatic rings. The van der Waals surface area contributed by atoms with E-state index in [2.05, 4.69) is 41.8 Å². The van der Waals surface area contributed by atoms with Gasteiger partial charge in [0.05, 0.1) is 19.3 Å². The van der Waals surface area contributed by atoms with Crippen molar-refractivity contribution < 1.29 is 37.1 Å². The molecule has 0 spiro atoms. The number of aromatic nitrogens is 2. The molecule has 1 atom stereocenters. The monoisotopic (exact) mass is 811 g/mol. The first kappa shape index (κ1) is 39.6. The number of hydrogen-bond donors (Lipinski definition) is 3. The summed E-state index contributed by atoms with van der Waals surface area (Å²) in [7, 11) is 1.51. The molecular formula is C42H44F3N9O5. The van der Waals surface area contributed by atoms with Crippen LogP contribution < -0.4 is 25.6 Å². The van der Waals surface area contributed by atoms with Gasteiger partial charge >= 0.3 is 6.18 Å². The highest BCUT2D eigenvalue weighted by molar-refractivity contribution is 6.05. The van der Waals surface area contributed by atoms with Gasteiger partial charge in [-0.3, -0.25) is 29.4 Å². The third-order valence-corrected chi connectivity index (χ3v) is 11.5. The van der Waals surface area contributed by atoms with E-state index in [0.29, 0.717) is 74.3 Å². The summed E-state index contributed by atoms with van der Waals surface area (Å²) in [5.41, 5.74) is 3.46. The molecule has 4 aromatic rings. The second-order valence-electron chi connectivity index (χ2n) is 15.2. The number of nitrogens with zero attached hydrogens (tertiary/aromatic N) is 6. The number of carbonyl (C=O) groups is 4. The molecule has 3 fully saturated rings. The summed E-state index contributed by atoms with van der Waals surface area (Å²) in [6, 6.07) is 19.2. The molecule has 0 saturated carbocycles. The Kier molecular flexibility index (Phi) is 11.1. The maximum absolute atomic E-state index is 13.8. The van der Waals surface area contributed by atoms with Crippen LogP contribution in [0.3, 0.4) is 0 Å². The van der Waals surface area contributed by atoms with E-state index in [1.54, 1.807) is 41.3 Å². The SMILES string of the molecule is COc1cc(N2CCN(C(=O)CN3CCC(c4ccc5c(c4)CN(C4CCC(=O)NC4=O)C5=O)CC3)CC2)ccc1Nc1ncc(C(F)(F)F)c(Nc2ccccc2)n1. The van der Waals surface area contributed by atoms with Crippen LogP contribution in [0, 0.1) is 0 Å². The fourth-order valence-corrected chi connectivity index (χ4v) is 8.28. The van der Waals surface area contributed by atoms with E-state index >= 15 is 0 Å². The van der Waals surface area contributed by atoms with Gasteiger partial charge in [-0.15, -0.1) is 0 Å². The van der Waals surface area contributed by atoms with Crippen LogP contribution in [-0.2, 0) is 27.1 Å². The van der Waals surface area contributed by atoms with E-state index in [1.165, 1.54) is 7.11 Å². The number of likely N-dealkylation sites (tertiary alicyclic amines) is 1. The average Bonchev–Trinajstić information content (AvgIpc) is 3.56. The summed E-state index contributed by atoms with van der Waals surface area (Å²) >= 11 is 0. The van der Waals surface area contributed by atoms with E-state index in [9.17, 15) is 32.3 Å². The van der Waals surface area contributed by atoms with Gasteiger partial charge in [-0.25, -0.2) is 4.98 Å². The van der Waals surface area contributed by atoms with Gasteiger partial charge < -0.3 is 30.1 Å². The molecule has 17 heteroatoms. The van der Waals surface area contributed by atoms with Crippen molar-refractivity contribution in [1.82, 2.24) is 30.0 Å². The van der Waals surface area contributed by atoms with Gasteiger partial charge in [0.25, 0.3) is 5.91 Å². The standard InChI is InChI=1S/C42H44F3N9O5/c1-59-35-22-30(8-10-33(35)48-41-46-23-32(42(43,44)45)38(50-41)47-29-5-3-2-4-6-29)52-17-19-53(20-18-52)37(56)25-51-15-13-26(14-16-51)27-7-9-31-28(21-27)24-54(40(31)58)34-11-12-36(55)49-39(34)57/h2-10,21-23,26,34H,11-20,24-25H2,1H3,(H,49,55,57)(H2,46,47,48,50). The first-order valence-electron chi connectivity index (χ1n) is 19.7. The van der Waals surface area contributed by atoms with Gasteiger partial charge in [-0.1, -0.05) is 30.3 Å². The Bertz CT molecular complexity index is 2240. The van der Waals surface area contributed by atoms with Crippen LogP contribution in [0.2, 0.25) is 0 Å². The zero-order valence-electron chi connectivity index (χ0n) is 32.4. The Hall–Kier alpha value is -6.23. The molecule has 3 aromatic carbocycles. The molecule has 3 N–H and O–H groups in total. The molecule has 1 unspecified atom stereocenters. The van der Waals surface area contributed by atoms with Crippen molar-refractivity contribution in [3.05, 3.63) is 95.2 Å². The number of methoxy groups -OCH3 is 1. The number of nitrogens with one attached hydrogen (secondary N) is 3. The third kappa shape index (κ3) is 8.65. The summed E-state index contributed by atoms with van der Waals surface area (Å²) in [6.07, 6.45) is -1.61. The minimum Gasteiger partial charge on any atom is -0.494 e. The lowest BCUT2D eigenvalue weighted by atomic mass is 9.88. The number of fused-ring (bicyclic) bond motifs is 1. The van der Waals surface area contributed by atoms with Crippen molar-refractivity contribution >= 4 is 52.5 Å². The van der Waals surface area contributed by atoms with Crippen molar-refractivity contribution in [2.45, 2.75) is 50.4 Å². The van der Waals surface area contributed by atoms with Crippen molar-refractivity contribution in [2.24, 2.45) is 0 Å². The van der Waals surface area contributed by atoms with E-state index in [0.717, 1.165) is 48.9 Å². The van der Waals surface area contributed by atoms with Gasteiger partial charge in [0.2, 0.25) is 23.7 Å². The smallest absolute Gasteiger partial charge is 0.421 e. The Morgan fingerprint density at radius 2 is 1.68 bits per heavy atom. The van der Waals surface area contributed by atoms with Gasteiger partial charge in [0, 0.05) is 68.3 Å². The summed E-state index contributed by atoms with van der Waals surface area (Å²) in [6.45, 7) is 4.57. The molecule has 1 aromatic heterocycles. The molecule has 308 valence electrons.